The summed E-state index contributed by atoms with van der Waals surface area (Å²) >= 11 is 0. The number of nitrogens with zero attached hydrogens (tertiary/aromatic N) is 5. The molecule has 3 heterocycles. The van der Waals surface area contributed by atoms with Gasteiger partial charge in [-0.3, -0.25) is 9.48 Å². The summed E-state index contributed by atoms with van der Waals surface area (Å²) < 4.78 is 49.3. The van der Waals surface area contributed by atoms with E-state index in [4.69, 9.17) is 10.5 Å². The first-order valence-electron chi connectivity index (χ1n) is 8.97. The molecule has 9 nitrogen and oxygen atoms in total. The quantitative estimate of drug-likeness (QED) is 0.637. The van der Waals surface area contributed by atoms with Gasteiger partial charge in [0.1, 0.15) is 23.0 Å². The molecule has 3 aromatic rings. The number of nitrogens with one attached hydrogen (secondary N) is 1. The number of alkyl halides is 2. The first-order valence-corrected chi connectivity index (χ1v) is 8.97. The number of carbonyl (C=O) groups is 1. The molecule has 0 radical (unpaired) electrons. The van der Waals surface area contributed by atoms with Gasteiger partial charge in [0, 0.05) is 17.4 Å². The standard InChI is InChI=1S/C19H16F3N7O2/c1-31-15-8-24-13(7-25-15)17(30)27-10-2-3-12(20)11(6-10)19(18(21)22)9-29-14(4-5-26-29)16(23)28-19/h2-8,18H,9H2,1H3,(H2,23,28)(H,27,30)/t19-/m0/s1. The molecule has 3 N–H and O–H groups in total. The monoisotopic (exact) mass is 431 g/mol. The number of halogens is 3. The van der Waals surface area contributed by atoms with Crippen molar-refractivity contribution in [3.8, 4) is 5.88 Å². The summed E-state index contributed by atoms with van der Waals surface area (Å²) in [5.41, 5.74) is 3.49. The Morgan fingerprint density at radius 3 is 2.77 bits per heavy atom. The third-order valence-electron chi connectivity index (χ3n) is 4.81. The molecule has 1 atom stereocenters. The van der Waals surface area contributed by atoms with Gasteiger partial charge in [0.15, 0.2) is 5.54 Å². The molecule has 1 amide bonds. The van der Waals surface area contributed by atoms with Crippen LogP contribution in [0.5, 0.6) is 5.88 Å². The van der Waals surface area contributed by atoms with E-state index >= 15 is 0 Å². The van der Waals surface area contributed by atoms with Gasteiger partial charge in [-0.25, -0.2) is 28.1 Å². The third-order valence-corrected chi connectivity index (χ3v) is 4.81. The van der Waals surface area contributed by atoms with Gasteiger partial charge < -0.3 is 15.8 Å². The molecule has 1 aromatic carbocycles. The fourth-order valence-corrected chi connectivity index (χ4v) is 3.26. The molecular formula is C19H16F3N7O2. The Morgan fingerprint density at radius 1 is 1.29 bits per heavy atom. The molecule has 1 aliphatic heterocycles. The smallest absolute Gasteiger partial charge is 0.275 e. The Labute approximate surface area is 173 Å². The molecule has 0 unspecified atom stereocenters. The van der Waals surface area contributed by atoms with E-state index in [0.717, 1.165) is 12.1 Å². The first-order chi connectivity index (χ1) is 14.8. The zero-order valence-electron chi connectivity index (χ0n) is 16.1. The topological polar surface area (TPSA) is 120 Å². The zero-order valence-corrected chi connectivity index (χ0v) is 16.1. The Bertz CT molecular complexity index is 1160. The Hall–Kier alpha value is -3.96. The predicted octanol–water partition coefficient (Wildman–Crippen LogP) is 1.95. The molecule has 160 valence electrons. The molecule has 31 heavy (non-hydrogen) atoms. The molecule has 0 saturated heterocycles. The van der Waals surface area contributed by atoms with Crippen LogP contribution in [0.2, 0.25) is 0 Å². The van der Waals surface area contributed by atoms with Gasteiger partial charge in [-0.1, -0.05) is 0 Å². The second kappa shape index (κ2) is 7.70. The maximum absolute atomic E-state index is 14.7. The highest BCUT2D eigenvalue weighted by Crippen LogP contribution is 2.39. The zero-order chi connectivity index (χ0) is 22.2. The summed E-state index contributed by atoms with van der Waals surface area (Å²) in [6.07, 6.45) is 0.724. The van der Waals surface area contributed by atoms with E-state index in [1.165, 1.54) is 42.5 Å². The van der Waals surface area contributed by atoms with Crippen molar-refractivity contribution >= 4 is 17.4 Å². The molecule has 0 fully saturated rings. The van der Waals surface area contributed by atoms with Crippen LogP contribution in [0.1, 0.15) is 21.7 Å². The number of fused-ring (bicyclic) bond motifs is 1. The summed E-state index contributed by atoms with van der Waals surface area (Å²) in [6, 6.07) is 4.83. The van der Waals surface area contributed by atoms with Crippen molar-refractivity contribution < 1.29 is 22.7 Å². The Kier molecular flexibility index (Phi) is 5.05. The molecular weight excluding hydrogens is 415 g/mol. The van der Waals surface area contributed by atoms with E-state index in [-0.39, 0.29) is 23.1 Å². The van der Waals surface area contributed by atoms with E-state index < -0.39 is 35.8 Å². The number of aliphatic imine (C=N–C) groups is 1. The lowest BCUT2D eigenvalue weighted by atomic mass is 9.88. The maximum Gasteiger partial charge on any atom is 0.275 e. The number of ether oxygens (including phenoxy) is 1. The second-order valence-corrected chi connectivity index (χ2v) is 6.69. The molecule has 0 spiro atoms. The third kappa shape index (κ3) is 3.56. The summed E-state index contributed by atoms with van der Waals surface area (Å²) in [7, 11) is 1.40. The van der Waals surface area contributed by atoms with Gasteiger partial charge in [0.25, 0.3) is 12.3 Å². The number of nitrogens with two attached hydrogens (primary N) is 1. The average molecular weight is 431 g/mol. The number of amidine groups is 1. The van der Waals surface area contributed by atoms with Gasteiger partial charge in [0.2, 0.25) is 5.88 Å². The van der Waals surface area contributed by atoms with Crippen LogP contribution in [0.25, 0.3) is 0 Å². The van der Waals surface area contributed by atoms with Crippen molar-refractivity contribution in [2.75, 3.05) is 12.4 Å². The minimum Gasteiger partial charge on any atom is -0.480 e. The normalized spacial score (nSPS) is 17.8. The van der Waals surface area contributed by atoms with E-state index in [1.807, 2.05) is 0 Å². The Morgan fingerprint density at radius 2 is 2.10 bits per heavy atom. The number of hydrogen-bond acceptors (Lipinski definition) is 7. The van der Waals surface area contributed by atoms with Gasteiger partial charge >= 0.3 is 0 Å². The molecule has 0 aliphatic carbocycles. The second-order valence-electron chi connectivity index (χ2n) is 6.69. The lowest BCUT2D eigenvalue weighted by molar-refractivity contribution is 0.0364. The molecule has 0 bridgehead atoms. The van der Waals surface area contributed by atoms with Crippen LogP contribution in [0.15, 0.2) is 47.8 Å². The minimum absolute atomic E-state index is 0.0450. The molecule has 2 aromatic heterocycles. The van der Waals surface area contributed by atoms with Crippen LogP contribution in [0, 0.1) is 5.82 Å². The summed E-state index contributed by atoms with van der Waals surface area (Å²) in [6.45, 7) is -0.425. The number of carbonyl (C=O) groups excluding carboxylic acids is 1. The number of anilines is 1. The lowest BCUT2D eigenvalue weighted by Crippen LogP contribution is -2.45. The van der Waals surface area contributed by atoms with E-state index in [9.17, 15) is 18.0 Å². The largest absolute Gasteiger partial charge is 0.480 e. The van der Waals surface area contributed by atoms with E-state index in [2.05, 4.69) is 25.4 Å². The van der Waals surface area contributed by atoms with Crippen LogP contribution in [0.3, 0.4) is 0 Å². The molecule has 1 aliphatic rings. The van der Waals surface area contributed by atoms with Crippen molar-refractivity contribution in [2.45, 2.75) is 18.5 Å². The molecule has 12 heteroatoms. The van der Waals surface area contributed by atoms with Crippen LogP contribution >= 0.6 is 0 Å². The van der Waals surface area contributed by atoms with Crippen molar-refractivity contribution in [1.82, 2.24) is 19.7 Å². The first kappa shape index (κ1) is 20.3. The van der Waals surface area contributed by atoms with Crippen LogP contribution in [-0.4, -0.2) is 45.0 Å². The fraction of sp³-hybridized carbons (Fsp3) is 0.211. The lowest BCUT2D eigenvalue weighted by Gasteiger charge is -2.34. The highest BCUT2D eigenvalue weighted by atomic mass is 19.3. The van der Waals surface area contributed by atoms with Crippen LogP contribution in [0.4, 0.5) is 18.9 Å². The van der Waals surface area contributed by atoms with Gasteiger partial charge in [-0.05, 0) is 24.3 Å². The van der Waals surface area contributed by atoms with Gasteiger partial charge in [-0.15, -0.1) is 0 Å². The fourth-order valence-electron chi connectivity index (χ4n) is 3.26. The minimum atomic E-state index is -3.10. The number of aromatic nitrogens is 4. The maximum atomic E-state index is 14.7. The van der Waals surface area contributed by atoms with Crippen molar-refractivity contribution in [3.05, 3.63) is 65.6 Å². The van der Waals surface area contributed by atoms with Crippen LogP contribution < -0.4 is 15.8 Å². The highest BCUT2D eigenvalue weighted by Gasteiger charge is 2.47. The van der Waals surface area contributed by atoms with Crippen molar-refractivity contribution in [1.29, 1.82) is 0 Å². The number of methoxy groups -OCH3 is 1. The van der Waals surface area contributed by atoms with E-state index in [1.54, 1.807) is 0 Å². The number of amides is 1. The number of hydrogen-bond donors (Lipinski definition) is 2. The molecule has 4 rings (SSSR count). The van der Waals surface area contributed by atoms with Gasteiger partial charge in [0.05, 0.1) is 26.0 Å². The summed E-state index contributed by atoms with van der Waals surface area (Å²) in [5, 5.41) is 6.46. The highest BCUT2D eigenvalue weighted by molar-refractivity contribution is 6.02. The van der Waals surface area contributed by atoms with Crippen molar-refractivity contribution in [2.24, 2.45) is 10.7 Å². The summed E-state index contributed by atoms with van der Waals surface area (Å²) in [4.78, 5) is 24.2. The van der Waals surface area contributed by atoms with E-state index in [0.29, 0.717) is 5.69 Å². The Balaban J connectivity index is 1.69. The SMILES string of the molecule is COc1cnc(C(=O)Nc2ccc(F)c([C@]3(C(F)F)Cn4nccc4C(N)=N3)c2)cn1. The average Bonchev–Trinajstić information content (AvgIpc) is 3.24. The van der Waals surface area contributed by atoms with Crippen LogP contribution in [-0.2, 0) is 12.1 Å². The molecule has 0 saturated carbocycles. The number of rotatable bonds is 5. The number of benzene rings is 1. The van der Waals surface area contributed by atoms with Gasteiger partial charge in [-0.2, -0.15) is 5.10 Å². The predicted molar refractivity (Wildman–Crippen MR) is 104 cm³/mol. The summed E-state index contributed by atoms with van der Waals surface area (Å²) in [5.74, 6) is -1.56. The van der Waals surface area contributed by atoms with Crippen molar-refractivity contribution in [3.63, 3.8) is 0 Å².